The third kappa shape index (κ3) is 3.24. The van der Waals surface area contributed by atoms with Crippen molar-refractivity contribution in [2.24, 2.45) is 7.05 Å². The molecule has 19 heavy (non-hydrogen) atoms. The van der Waals surface area contributed by atoms with Gasteiger partial charge in [0, 0.05) is 19.4 Å². The smallest absolute Gasteiger partial charge is 0.344 e. The highest BCUT2D eigenvalue weighted by Gasteiger charge is 2.13. The minimum absolute atomic E-state index is 0.0815. The number of nitrogens with zero attached hydrogens (tertiary/aromatic N) is 5. The van der Waals surface area contributed by atoms with Gasteiger partial charge in [0.2, 0.25) is 0 Å². The molecule has 2 rings (SSSR count). The summed E-state index contributed by atoms with van der Waals surface area (Å²) in [7, 11) is 1.69. The number of rotatable bonds is 5. The lowest BCUT2D eigenvalue weighted by Crippen LogP contribution is -2.15. The normalized spacial score (nSPS) is 10.2. The Kier molecular flexibility index (Phi) is 4.01. The van der Waals surface area contributed by atoms with Gasteiger partial charge in [-0.25, -0.2) is 19.4 Å². The van der Waals surface area contributed by atoms with Crippen LogP contribution in [0.5, 0.6) is 6.01 Å². The lowest BCUT2D eigenvalue weighted by atomic mass is 10.5. The topological polar surface area (TPSA) is 92.0 Å². The molecule has 0 N–H and O–H groups in total. The molecule has 0 aliphatic rings. The van der Waals surface area contributed by atoms with E-state index < -0.39 is 5.97 Å². The highest BCUT2D eigenvalue weighted by atomic mass is 16.6. The van der Waals surface area contributed by atoms with Gasteiger partial charge < -0.3 is 9.47 Å². The number of ether oxygens (including phenoxy) is 2. The molecule has 0 aromatic carbocycles. The van der Waals surface area contributed by atoms with Crippen LogP contribution < -0.4 is 4.74 Å². The second kappa shape index (κ2) is 5.89. The average Bonchev–Trinajstić information content (AvgIpc) is 2.79. The summed E-state index contributed by atoms with van der Waals surface area (Å²) in [4.78, 5) is 23.4. The summed E-state index contributed by atoms with van der Waals surface area (Å²) in [5.74, 6) is 0.426. The summed E-state index contributed by atoms with van der Waals surface area (Å²) in [6.45, 7) is 1.80. The Labute approximate surface area is 109 Å². The molecule has 0 radical (unpaired) electrons. The Morgan fingerprint density at radius 1 is 1.37 bits per heavy atom. The fourth-order valence-corrected chi connectivity index (χ4v) is 1.36. The van der Waals surface area contributed by atoms with Crippen LogP contribution in [0.3, 0.4) is 0 Å². The van der Waals surface area contributed by atoms with Gasteiger partial charge in [0.05, 0.1) is 6.61 Å². The molecule has 2 aromatic rings. The number of aromatic nitrogens is 5. The van der Waals surface area contributed by atoms with E-state index in [1.807, 2.05) is 0 Å². The molecule has 0 saturated carbocycles. The van der Waals surface area contributed by atoms with Gasteiger partial charge >= 0.3 is 12.0 Å². The van der Waals surface area contributed by atoms with E-state index in [1.165, 1.54) is 4.68 Å². The predicted molar refractivity (Wildman–Crippen MR) is 64.2 cm³/mol. The van der Waals surface area contributed by atoms with Crippen molar-refractivity contribution in [1.29, 1.82) is 0 Å². The van der Waals surface area contributed by atoms with Crippen LogP contribution in [0, 0.1) is 0 Å². The minimum atomic E-state index is -0.465. The quantitative estimate of drug-likeness (QED) is 0.712. The zero-order valence-electron chi connectivity index (χ0n) is 10.6. The van der Waals surface area contributed by atoms with E-state index in [9.17, 15) is 4.79 Å². The van der Waals surface area contributed by atoms with Gasteiger partial charge in [-0.2, -0.15) is 4.98 Å². The van der Waals surface area contributed by atoms with Crippen molar-refractivity contribution in [3.05, 3.63) is 18.5 Å². The van der Waals surface area contributed by atoms with Crippen molar-refractivity contribution >= 4 is 5.97 Å². The van der Waals surface area contributed by atoms with E-state index in [2.05, 4.69) is 20.1 Å². The number of aryl methyl sites for hydroxylation is 1. The molecule has 0 bridgehead atoms. The first-order valence-electron chi connectivity index (χ1n) is 5.67. The molecule has 0 saturated heterocycles. The second-order valence-corrected chi connectivity index (χ2v) is 3.51. The monoisotopic (exact) mass is 263 g/mol. The third-order valence-corrected chi connectivity index (χ3v) is 2.13. The summed E-state index contributed by atoms with van der Waals surface area (Å²) in [5, 5.41) is 4.01. The molecule has 8 nitrogen and oxygen atoms in total. The molecule has 0 amide bonds. The van der Waals surface area contributed by atoms with Crippen molar-refractivity contribution < 1.29 is 14.3 Å². The summed E-state index contributed by atoms with van der Waals surface area (Å²) in [5.41, 5.74) is 0. The van der Waals surface area contributed by atoms with Crippen LogP contribution in [-0.2, 0) is 16.6 Å². The number of carbonyl (C=O) groups is 1. The van der Waals surface area contributed by atoms with Crippen LogP contribution in [0.4, 0.5) is 0 Å². The molecular formula is C11H13N5O3. The van der Waals surface area contributed by atoms with Gasteiger partial charge in [-0.15, -0.1) is 5.10 Å². The Morgan fingerprint density at radius 3 is 2.79 bits per heavy atom. The van der Waals surface area contributed by atoms with Gasteiger partial charge in [0.1, 0.15) is 0 Å². The first-order chi connectivity index (χ1) is 9.20. The molecule has 8 heteroatoms. The van der Waals surface area contributed by atoms with Crippen LogP contribution >= 0.6 is 0 Å². The van der Waals surface area contributed by atoms with Crippen LogP contribution in [-0.4, -0.2) is 43.9 Å². The lowest BCUT2D eigenvalue weighted by Gasteiger charge is -2.00. The molecule has 0 unspecified atom stereocenters. The fourth-order valence-electron chi connectivity index (χ4n) is 1.36. The zero-order chi connectivity index (χ0) is 13.7. The van der Waals surface area contributed by atoms with Crippen LogP contribution in [0.2, 0.25) is 0 Å². The first kappa shape index (κ1) is 12.9. The van der Waals surface area contributed by atoms with Crippen molar-refractivity contribution in [3.8, 4) is 17.7 Å². The molecule has 0 aliphatic carbocycles. The lowest BCUT2D eigenvalue weighted by molar-refractivity contribution is -0.145. The van der Waals surface area contributed by atoms with Crippen LogP contribution in [0.25, 0.3) is 11.6 Å². The van der Waals surface area contributed by atoms with E-state index in [4.69, 9.17) is 9.47 Å². The molecule has 2 heterocycles. The molecule has 2 aromatic heterocycles. The van der Waals surface area contributed by atoms with Crippen LogP contribution in [0.1, 0.15) is 6.92 Å². The van der Waals surface area contributed by atoms with Crippen molar-refractivity contribution in [3.63, 3.8) is 0 Å². The Morgan fingerprint density at radius 2 is 2.11 bits per heavy atom. The summed E-state index contributed by atoms with van der Waals surface area (Å²) in [6.07, 6.45) is 3.21. The zero-order valence-corrected chi connectivity index (χ0v) is 10.6. The van der Waals surface area contributed by atoms with Crippen LogP contribution in [0.15, 0.2) is 18.5 Å². The summed E-state index contributed by atoms with van der Waals surface area (Å²) >= 11 is 0. The first-order valence-corrected chi connectivity index (χ1v) is 5.67. The molecule has 0 atom stereocenters. The average molecular weight is 263 g/mol. The summed E-state index contributed by atoms with van der Waals surface area (Å²) in [6, 6.07) is 1.79. The maximum atomic E-state index is 11.1. The molecule has 0 spiro atoms. The predicted octanol–water partition coefficient (Wildman–Crippen LogP) is 0.214. The number of carbonyl (C=O) groups excluding carboxylic acids is 1. The SMILES string of the molecule is CCOC(=O)COc1nc(-c2ncccn2)n(C)n1. The van der Waals surface area contributed by atoms with Crippen molar-refractivity contribution in [2.75, 3.05) is 13.2 Å². The van der Waals surface area contributed by atoms with Crippen molar-refractivity contribution in [2.45, 2.75) is 6.92 Å². The molecule has 0 aliphatic heterocycles. The Balaban J connectivity index is 2.07. The highest BCUT2D eigenvalue weighted by molar-refractivity contribution is 5.70. The van der Waals surface area contributed by atoms with Gasteiger partial charge in [-0.1, -0.05) is 0 Å². The Hall–Kier alpha value is -2.51. The van der Waals surface area contributed by atoms with Crippen molar-refractivity contribution in [1.82, 2.24) is 24.7 Å². The number of hydrogen-bond donors (Lipinski definition) is 0. The maximum absolute atomic E-state index is 11.1. The summed E-state index contributed by atoms with van der Waals surface area (Å²) < 4.78 is 11.3. The van der Waals surface area contributed by atoms with E-state index in [-0.39, 0.29) is 12.6 Å². The molecular weight excluding hydrogens is 250 g/mol. The van der Waals surface area contributed by atoms with Gasteiger partial charge in [-0.3, -0.25) is 0 Å². The number of esters is 1. The minimum Gasteiger partial charge on any atom is -0.463 e. The third-order valence-electron chi connectivity index (χ3n) is 2.13. The van der Waals surface area contributed by atoms with Gasteiger partial charge in [0.15, 0.2) is 18.3 Å². The van der Waals surface area contributed by atoms with Gasteiger partial charge in [0.25, 0.3) is 0 Å². The molecule has 0 fully saturated rings. The van der Waals surface area contributed by atoms with E-state index in [0.29, 0.717) is 18.3 Å². The molecule has 100 valence electrons. The second-order valence-electron chi connectivity index (χ2n) is 3.51. The standard InChI is InChI=1S/C11H13N5O3/c1-3-18-8(17)7-19-11-14-10(16(2)15-11)9-12-5-4-6-13-9/h4-6H,3,7H2,1-2H3. The number of hydrogen-bond acceptors (Lipinski definition) is 7. The van der Waals surface area contributed by atoms with E-state index >= 15 is 0 Å². The van der Waals surface area contributed by atoms with Gasteiger partial charge in [-0.05, 0) is 13.0 Å². The maximum Gasteiger partial charge on any atom is 0.344 e. The van der Waals surface area contributed by atoms with E-state index in [1.54, 1.807) is 32.4 Å². The fraction of sp³-hybridized carbons (Fsp3) is 0.364. The van der Waals surface area contributed by atoms with E-state index in [0.717, 1.165) is 0 Å². The Bertz CT molecular complexity index is 555. The highest BCUT2D eigenvalue weighted by Crippen LogP contribution is 2.13. The largest absolute Gasteiger partial charge is 0.463 e.